The van der Waals surface area contributed by atoms with E-state index in [0.29, 0.717) is 5.41 Å². The molecular formula is C26H40. The first kappa shape index (κ1) is 19.7. The van der Waals surface area contributed by atoms with E-state index < -0.39 is 0 Å². The molecule has 0 spiro atoms. The van der Waals surface area contributed by atoms with Crippen LogP contribution in [-0.4, -0.2) is 0 Å². The predicted octanol–water partition coefficient (Wildman–Crippen LogP) is 8.36. The summed E-state index contributed by atoms with van der Waals surface area (Å²) in [6.45, 7) is 4.70. The van der Waals surface area contributed by atoms with Crippen LogP contribution in [0.1, 0.15) is 114 Å². The number of rotatable bonds is 8. The van der Waals surface area contributed by atoms with Crippen molar-refractivity contribution in [3.8, 4) is 0 Å². The van der Waals surface area contributed by atoms with E-state index in [0.717, 1.165) is 12.3 Å². The molecule has 2 aliphatic carbocycles. The fourth-order valence-corrected chi connectivity index (χ4v) is 5.38. The Morgan fingerprint density at radius 3 is 2.31 bits per heavy atom. The highest BCUT2D eigenvalue weighted by molar-refractivity contribution is 5.27. The van der Waals surface area contributed by atoms with Gasteiger partial charge >= 0.3 is 0 Å². The summed E-state index contributed by atoms with van der Waals surface area (Å²) in [7, 11) is 0. The SMILES string of the molecule is CCc1ccc(C(CCC2(CC)CCCCC2)CC2=CCCCC2)cc1. The van der Waals surface area contributed by atoms with Gasteiger partial charge in [-0.05, 0) is 86.7 Å². The molecular weight excluding hydrogens is 312 g/mol. The van der Waals surface area contributed by atoms with E-state index in [4.69, 9.17) is 0 Å². The van der Waals surface area contributed by atoms with Crippen LogP contribution in [0, 0.1) is 5.41 Å². The molecule has 1 saturated carbocycles. The number of aryl methyl sites for hydroxylation is 1. The molecule has 3 rings (SSSR count). The molecule has 0 aromatic heterocycles. The Morgan fingerprint density at radius 1 is 0.923 bits per heavy atom. The molecule has 0 heterocycles. The topological polar surface area (TPSA) is 0 Å². The zero-order valence-electron chi connectivity index (χ0n) is 17.4. The molecule has 0 heteroatoms. The largest absolute Gasteiger partial charge is 0.0853 e. The molecule has 26 heavy (non-hydrogen) atoms. The van der Waals surface area contributed by atoms with Gasteiger partial charge < -0.3 is 0 Å². The van der Waals surface area contributed by atoms with Crippen molar-refractivity contribution in [1.82, 2.24) is 0 Å². The number of allylic oxidation sites excluding steroid dienone is 2. The van der Waals surface area contributed by atoms with Gasteiger partial charge in [0.15, 0.2) is 0 Å². The van der Waals surface area contributed by atoms with Crippen molar-refractivity contribution in [3.05, 3.63) is 47.0 Å². The van der Waals surface area contributed by atoms with Crippen LogP contribution in [-0.2, 0) is 6.42 Å². The first-order chi connectivity index (χ1) is 12.7. The van der Waals surface area contributed by atoms with Crippen LogP contribution in [0.5, 0.6) is 0 Å². The van der Waals surface area contributed by atoms with Crippen LogP contribution in [0.4, 0.5) is 0 Å². The highest BCUT2D eigenvalue weighted by Crippen LogP contribution is 2.45. The molecule has 1 aromatic carbocycles. The minimum absolute atomic E-state index is 0.654. The smallest absolute Gasteiger partial charge is 0.0125 e. The molecule has 0 nitrogen and oxygen atoms in total. The Hall–Kier alpha value is -1.04. The molecule has 1 aromatic rings. The maximum Gasteiger partial charge on any atom is -0.0125 e. The van der Waals surface area contributed by atoms with Crippen molar-refractivity contribution < 1.29 is 0 Å². The zero-order chi connectivity index (χ0) is 18.2. The van der Waals surface area contributed by atoms with Gasteiger partial charge in [0.2, 0.25) is 0 Å². The lowest BCUT2D eigenvalue weighted by Crippen LogP contribution is -2.24. The van der Waals surface area contributed by atoms with Crippen LogP contribution < -0.4 is 0 Å². The van der Waals surface area contributed by atoms with Gasteiger partial charge in [0.05, 0.1) is 0 Å². The molecule has 0 N–H and O–H groups in total. The summed E-state index contributed by atoms with van der Waals surface area (Å²) in [5.74, 6) is 0.732. The van der Waals surface area contributed by atoms with Gasteiger partial charge in [-0.2, -0.15) is 0 Å². The average Bonchev–Trinajstić information content (AvgIpc) is 2.72. The Balaban J connectivity index is 1.71. The molecule has 0 amide bonds. The lowest BCUT2D eigenvalue weighted by molar-refractivity contribution is 0.156. The molecule has 2 aliphatic rings. The van der Waals surface area contributed by atoms with Crippen molar-refractivity contribution >= 4 is 0 Å². The summed E-state index contributed by atoms with van der Waals surface area (Å²) in [6.07, 6.45) is 22.1. The van der Waals surface area contributed by atoms with Crippen LogP contribution in [0.3, 0.4) is 0 Å². The summed E-state index contributed by atoms with van der Waals surface area (Å²) < 4.78 is 0. The molecule has 0 radical (unpaired) electrons. The van der Waals surface area contributed by atoms with Gasteiger partial charge in [-0.25, -0.2) is 0 Å². The third-order valence-corrected chi connectivity index (χ3v) is 7.44. The van der Waals surface area contributed by atoms with Gasteiger partial charge in [0.1, 0.15) is 0 Å². The minimum Gasteiger partial charge on any atom is -0.0853 e. The summed E-state index contributed by atoms with van der Waals surface area (Å²) >= 11 is 0. The van der Waals surface area contributed by atoms with E-state index in [1.165, 1.54) is 89.0 Å². The van der Waals surface area contributed by atoms with Crippen LogP contribution >= 0.6 is 0 Å². The second kappa shape index (κ2) is 9.77. The van der Waals surface area contributed by atoms with Crippen LogP contribution in [0.2, 0.25) is 0 Å². The van der Waals surface area contributed by atoms with Crippen molar-refractivity contribution in [3.63, 3.8) is 0 Å². The second-order valence-corrected chi connectivity index (χ2v) is 9.06. The van der Waals surface area contributed by atoms with E-state index in [9.17, 15) is 0 Å². The first-order valence-electron chi connectivity index (χ1n) is 11.5. The lowest BCUT2D eigenvalue weighted by atomic mass is 9.68. The fourth-order valence-electron chi connectivity index (χ4n) is 5.38. The van der Waals surface area contributed by atoms with Gasteiger partial charge in [-0.1, -0.05) is 75.4 Å². The average molecular weight is 353 g/mol. The molecule has 0 aliphatic heterocycles. The predicted molar refractivity (Wildman–Crippen MR) is 115 cm³/mol. The zero-order valence-corrected chi connectivity index (χ0v) is 17.4. The third-order valence-electron chi connectivity index (χ3n) is 7.44. The Kier molecular flexibility index (Phi) is 7.41. The highest BCUT2D eigenvalue weighted by Gasteiger charge is 2.31. The molecule has 1 fully saturated rings. The molecule has 0 bridgehead atoms. The monoisotopic (exact) mass is 352 g/mol. The minimum atomic E-state index is 0.654. The van der Waals surface area contributed by atoms with Gasteiger partial charge in [0.25, 0.3) is 0 Å². The maximum atomic E-state index is 2.56. The molecule has 144 valence electrons. The Bertz CT molecular complexity index is 556. The third kappa shape index (κ3) is 5.24. The number of hydrogen-bond donors (Lipinski definition) is 0. The summed E-state index contributed by atoms with van der Waals surface area (Å²) in [4.78, 5) is 0. The van der Waals surface area contributed by atoms with E-state index in [1.54, 1.807) is 11.1 Å². The van der Waals surface area contributed by atoms with Gasteiger partial charge in [-0.15, -0.1) is 0 Å². The van der Waals surface area contributed by atoms with Gasteiger partial charge in [0, 0.05) is 0 Å². The van der Waals surface area contributed by atoms with E-state index in [1.807, 2.05) is 0 Å². The van der Waals surface area contributed by atoms with Crippen LogP contribution in [0.25, 0.3) is 0 Å². The fraction of sp³-hybridized carbons (Fsp3) is 0.692. The Labute approximate surface area is 162 Å². The van der Waals surface area contributed by atoms with Crippen molar-refractivity contribution in [1.29, 1.82) is 0 Å². The first-order valence-corrected chi connectivity index (χ1v) is 11.5. The van der Waals surface area contributed by atoms with Crippen molar-refractivity contribution in [2.75, 3.05) is 0 Å². The highest BCUT2D eigenvalue weighted by atomic mass is 14.4. The number of hydrogen-bond acceptors (Lipinski definition) is 0. The normalized spacial score (nSPS) is 21.2. The van der Waals surface area contributed by atoms with Crippen molar-refractivity contribution in [2.45, 2.75) is 110 Å². The molecule has 1 atom stereocenters. The van der Waals surface area contributed by atoms with E-state index in [-0.39, 0.29) is 0 Å². The summed E-state index contributed by atoms with van der Waals surface area (Å²) in [5, 5.41) is 0. The molecule has 1 unspecified atom stereocenters. The van der Waals surface area contributed by atoms with E-state index in [2.05, 4.69) is 44.2 Å². The maximum absolute atomic E-state index is 2.56. The Morgan fingerprint density at radius 2 is 1.69 bits per heavy atom. The summed E-state index contributed by atoms with van der Waals surface area (Å²) in [5.41, 5.74) is 5.47. The summed E-state index contributed by atoms with van der Waals surface area (Å²) in [6, 6.07) is 9.61. The van der Waals surface area contributed by atoms with Crippen molar-refractivity contribution in [2.24, 2.45) is 5.41 Å². The lowest BCUT2D eigenvalue weighted by Gasteiger charge is -2.38. The quantitative estimate of drug-likeness (QED) is 0.412. The second-order valence-electron chi connectivity index (χ2n) is 9.06. The van der Waals surface area contributed by atoms with E-state index >= 15 is 0 Å². The van der Waals surface area contributed by atoms with Gasteiger partial charge in [-0.3, -0.25) is 0 Å². The standard InChI is InChI=1S/C26H40/c1-3-22-13-15-24(16-14-22)25(21-23-11-7-5-8-12-23)17-20-26(4-2)18-9-6-10-19-26/h11,13-16,25H,3-10,12,17-21H2,1-2H3. The number of benzene rings is 1. The molecule has 0 saturated heterocycles. The van der Waals surface area contributed by atoms with Crippen LogP contribution in [0.15, 0.2) is 35.9 Å².